The molecule has 3 rings (SSSR count). The van der Waals surface area contributed by atoms with Gasteiger partial charge in [0.15, 0.2) is 22.5 Å². The van der Waals surface area contributed by atoms with E-state index in [4.69, 9.17) is 21.1 Å². The van der Waals surface area contributed by atoms with Crippen LogP contribution in [0.2, 0.25) is 5.02 Å². The topological polar surface area (TPSA) is 78.3 Å². The molecule has 0 bridgehead atoms. The van der Waals surface area contributed by atoms with Gasteiger partial charge in [-0.25, -0.2) is 0 Å². The fourth-order valence-electron chi connectivity index (χ4n) is 2.89. The third kappa shape index (κ3) is 6.99. The maximum atomic E-state index is 12.4. The summed E-state index contributed by atoms with van der Waals surface area (Å²) in [7, 11) is 0. The number of amides is 1. The van der Waals surface area contributed by atoms with Crippen LogP contribution in [0.3, 0.4) is 0 Å². The van der Waals surface area contributed by atoms with Crippen molar-refractivity contribution < 1.29 is 14.3 Å². The summed E-state index contributed by atoms with van der Waals surface area (Å²) in [5.74, 6) is 1.94. The Morgan fingerprint density at radius 2 is 2.06 bits per heavy atom. The Morgan fingerprint density at radius 3 is 2.79 bits per heavy atom. The molecule has 1 aromatic heterocycles. The molecule has 0 radical (unpaired) electrons. The van der Waals surface area contributed by atoms with E-state index < -0.39 is 0 Å². The van der Waals surface area contributed by atoms with Crippen LogP contribution in [-0.4, -0.2) is 33.0 Å². The van der Waals surface area contributed by atoms with Gasteiger partial charge < -0.3 is 14.8 Å². The largest absolute Gasteiger partial charge is 0.490 e. The average molecular weight is 552 g/mol. The van der Waals surface area contributed by atoms with Gasteiger partial charge in [0.2, 0.25) is 5.91 Å². The number of carbonyl (C=O) groups excluding carboxylic acids is 1. The Kier molecular flexibility index (Phi) is 9.22. The van der Waals surface area contributed by atoms with Gasteiger partial charge in [-0.1, -0.05) is 35.5 Å². The molecule has 1 amide bonds. The van der Waals surface area contributed by atoms with Gasteiger partial charge in [-0.05, 0) is 65.7 Å². The molecule has 0 saturated heterocycles. The molecular formula is C23H24BrClN4O3S. The van der Waals surface area contributed by atoms with Gasteiger partial charge in [0.25, 0.3) is 0 Å². The molecule has 174 valence electrons. The summed E-state index contributed by atoms with van der Waals surface area (Å²) in [5.41, 5.74) is 1.71. The monoisotopic (exact) mass is 550 g/mol. The minimum absolute atomic E-state index is 0.163. The van der Waals surface area contributed by atoms with Gasteiger partial charge >= 0.3 is 0 Å². The average Bonchev–Trinajstić information content (AvgIpc) is 3.16. The molecular weight excluding hydrogens is 528 g/mol. The van der Waals surface area contributed by atoms with E-state index in [1.54, 1.807) is 24.3 Å². The van der Waals surface area contributed by atoms with E-state index in [0.29, 0.717) is 46.3 Å². The number of nitrogens with one attached hydrogen (secondary N) is 1. The van der Waals surface area contributed by atoms with Crippen LogP contribution in [0.1, 0.15) is 18.3 Å². The standard InChI is InChI=1S/C23H24BrClN4O3S/c1-4-10-29-21(13-32-19-9-6-15(3)11-20(19)31-5-2)27-28-23(29)33-14-22(30)26-16-7-8-17(24)18(25)12-16/h4,6-9,11-12H,1,5,10,13-14H2,2-3H3,(H,26,30). The van der Waals surface area contributed by atoms with Crippen molar-refractivity contribution in [2.45, 2.75) is 32.2 Å². The zero-order valence-electron chi connectivity index (χ0n) is 18.3. The predicted molar refractivity (Wildman–Crippen MR) is 135 cm³/mol. The van der Waals surface area contributed by atoms with Crippen molar-refractivity contribution in [3.63, 3.8) is 0 Å². The molecule has 10 heteroatoms. The van der Waals surface area contributed by atoms with Crippen LogP contribution in [0.15, 0.2) is 58.7 Å². The SMILES string of the molecule is C=CCn1c(COc2ccc(C)cc2OCC)nnc1SCC(=O)Nc1ccc(Br)c(Cl)c1. The van der Waals surface area contributed by atoms with Crippen LogP contribution in [0.4, 0.5) is 5.69 Å². The molecule has 0 saturated carbocycles. The second-order valence-electron chi connectivity index (χ2n) is 6.94. The van der Waals surface area contributed by atoms with Crippen molar-refractivity contribution >= 4 is 50.9 Å². The number of ether oxygens (including phenoxy) is 2. The number of anilines is 1. The highest BCUT2D eigenvalue weighted by Crippen LogP contribution is 2.29. The molecule has 1 heterocycles. The van der Waals surface area contributed by atoms with Crippen LogP contribution < -0.4 is 14.8 Å². The number of hydrogen-bond acceptors (Lipinski definition) is 6. The maximum Gasteiger partial charge on any atom is 0.234 e. The van der Waals surface area contributed by atoms with Crippen LogP contribution in [-0.2, 0) is 17.9 Å². The van der Waals surface area contributed by atoms with Gasteiger partial charge in [0, 0.05) is 16.7 Å². The summed E-state index contributed by atoms with van der Waals surface area (Å²) in [6.45, 7) is 8.97. The van der Waals surface area contributed by atoms with Crippen molar-refractivity contribution in [2.75, 3.05) is 17.7 Å². The van der Waals surface area contributed by atoms with Crippen LogP contribution in [0.25, 0.3) is 0 Å². The zero-order chi connectivity index (χ0) is 23.8. The molecule has 0 fully saturated rings. The van der Waals surface area contributed by atoms with Crippen LogP contribution in [0.5, 0.6) is 11.5 Å². The second kappa shape index (κ2) is 12.1. The summed E-state index contributed by atoms with van der Waals surface area (Å²) < 4.78 is 14.3. The molecule has 0 aliphatic heterocycles. The van der Waals surface area contributed by atoms with Crippen molar-refractivity contribution in [1.29, 1.82) is 0 Å². The number of rotatable bonds is 11. The first-order valence-electron chi connectivity index (χ1n) is 10.2. The van der Waals surface area contributed by atoms with E-state index in [0.717, 1.165) is 10.0 Å². The zero-order valence-corrected chi connectivity index (χ0v) is 21.5. The molecule has 0 unspecified atom stereocenters. The third-order valence-corrected chi connectivity index (χ3v) is 6.60. The highest BCUT2D eigenvalue weighted by molar-refractivity contribution is 9.10. The van der Waals surface area contributed by atoms with Crippen molar-refractivity contribution in [3.8, 4) is 11.5 Å². The van der Waals surface area contributed by atoms with Gasteiger partial charge in [-0.3, -0.25) is 9.36 Å². The summed E-state index contributed by atoms with van der Waals surface area (Å²) >= 11 is 10.7. The van der Waals surface area contributed by atoms with E-state index in [-0.39, 0.29) is 18.3 Å². The van der Waals surface area contributed by atoms with Crippen LogP contribution >= 0.6 is 39.3 Å². The first-order chi connectivity index (χ1) is 15.9. The Morgan fingerprint density at radius 1 is 1.24 bits per heavy atom. The minimum Gasteiger partial charge on any atom is -0.490 e. The van der Waals surface area contributed by atoms with Crippen LogP contribution in [0, 0.1) is 6.92 Å². The molecule has 7 nitrogen and oxygen atoms in total. The maximum absolute atomic E-state index is 12.4. The lowest BCUT2D eigenvalue weighted by Gasteiger charge is -2.13. The smallest absolute Gasteiger partial charge is 0.234 e. The van der Waals surface area contributed by atoms with E-state index >= 15 is 0 Å². The molecule has 0 aliphatic carbocycles. The molecule has 3 aromatic rings. The number of carbonyl (C=O) groups is 1. The molecule has 1 N–H and O–H groups in total. The number of benzene rings is 2. The van der Waals surface area contributed by atoms with Gasteiger partial charge in [-0.2, -0.15) is 0 Å². The minimum atomic E-state index is -0.176. The number of allylic oxidation sites excluding steroid dienone is 1. The Balaban J connectivity index is 1.65. The number of thioether (sulfide) groups is 1. The van der Waals surface area contributed by atoms with Crippen molar-refractivity contribution in [1.82, 2.24) is 14.8 Å². The van der Waals surface area contributed by atoms with E-state index in [9.17, 15) is 4.79 Å². The highest BCUT2D eigenvalue weighted by Gasteiger charge is 2.15. The van der Waals surface area contributed by atoms with E-state index in [2.05, 4.69) is 38.0 Å². The lowest BCUT2D eigenvalue weighted by molar-refractivity contribution is -0.113. The second-order valence-corrected chi connectivity index (χ2v) is 9.14. The third-order valence-electron chi connectivity index (χ3n) is 4.40. The summed E-state index contributed by atoms with van der Waals surface area (Å²) in [6, 6.07) is 11.0. The number of halogens is 2. The first kappa shape index (κ1) is 25.1. The summed E-state index contributed by atoms with van der Waals surface area (Å²) in [6.07, 6.45) is 1.75. The quantitative estimate of drug-likeness (QED) is 0.236. The molecule has 0 spiro atoms. The van der Waals surface area contributed by atoms with Gasteiger partial charge in [-0.15, -0.1) is 16.8 Å². The fraction of sp³-hybridized carbons (Fsp3) is 0.261. The summed E-state index contributed by atoms with van der Waals surface area (Å²) in [4.78, 5) is 12.4. The molecule has 33 heavy (non-hydrogen) atoms. The lowest BCUT2D eigenvalue weighted by atomic mass is 10.2. The molecule has 0 atom stereocenters. The Labute approximate surface area is 210 Å². The normalized spacial score (nSPS) is 10.7. The first-order valence-corrected chi connectivity index (χ1v) is 12.3. The number of aromatic nitrogens is 3. The number of hydrogen-bond donors (Lipinski definition) is 1. The Bertz CT molecular complexity index is 1140. The number of nitrogens with zero attached hydrogens (tertiary/aromatic N) is 3. The van der Waals surface area contributed by atoms with Gasteiger partial charge in [0.1, 0.15) is 6.61 Å². The fourth-order valence-corrected chi connectivity index (χ4v) is 4.09. The van der Waals surface area contributed by atoms with E-state index in [1.807, 2.05) is 36.6 Å². The van der Waals surface area contributed by atoms with Crippen molar-refractivity contribution in [3.05, 3.63) is 69.9 Å². The van der Waals surface area contributed by atoms with E-state index in [1.165, 1.54) is 11.8 Å². The number of aryl methyl sites for hydroxylation is 1. The predicted octanol–water partition coefficient (Wildman–Crippen LogP) is 5.90. The highest BCUT2D eigenvalue weighted by atomic mass is 79.9. The lowest BCUT2D eigenvalue weighted by Crippen LogP contribution is -2.15. The summed E-state index contributed by atoms with van der Waals surface area (Å²) in [5, 5.41) is 12.4. The van der Waals surface area contributed by atoms with Crippen molar-refractivity contribution in [2.24, 2.45) is 0 Å². The molecule has 2 aromatic carbocycles. The van der Waals surface area contributed by atoms with Gasteiger partial charge in [0.05, 0.1) is 17.4 Å². The molecule has 0 aliphatic rings. The Hall–Kier alpha value is -2.49.